The van der Waals surface area contributed by atoms with Gasteiger partial charge in [0.05, 0.1) is 0 Å². The molecule has 0 atom stereocenters. The highest BCUT2D eigenvalue weighted by atomic mass is 35.5. The minimum atomic E-state index is 0.812. The number of benzene rings is 2. The summed E-state index contributed by atoms with van der Waals surface area (Å²) in [5.41, 5.74) is 2.75. The lowest BCUT2D eigenvalue weighted by Crippen LogP contribution is -2.45. The highest BCUT2D eigenvalue weighted by molar-refractivity contribution is 6.30. The van der Waals surface area contributed by atoms with E-state index in [4.69, 9.17) is 11.6 Å². The molecule has 0 unspecified atom stereocenters. The maximum Gasteiger partial charge on any atom is 0.0406 e. The Kier molecular flexibility index (Phi) is 4.91. The van der Waals surface area contributed by atoms with Crippen molar-refractivity contribution >= 4 is 11.6 Å². The molecule has 3 heteroatoms. The zero-order chi connectivity index (χ0) is 14.5. The fourth-order valence-corrected chi connectivity index (χ4v) is 2.92. The summed E-state index contributed by atoms with van der Waals surface area (Å²) in [7, 11) is 0. The third kappa shape index (κ3) is 4.31. The second-order valence-corrected chi connectivity index (χ2v) is 6.10. The van der Waals surface area contributed by atoms with Crippen LogP contribution < -0.4 is 0 Å². The van der Waals surface area contributed by atoms with Crippen molar-refractivity contribution in [2.45, 2.75) is 13.1 Å². The van der Waals surface area contributed by atoms with Crippen LogP contribution in [0.3, 0.4) is 0 Å². The van der Waals surface area contributed by atoms with Crippen LogP contribution in [0.5, 0.6) is 0 Å². The molecule has 2 aromatic rings. The molecule has 0 saturated carbocycles. The van der Waals surface area contributed by atoms with Crippen molar-refractivity contribution < 1.29 is 0 Å². The topological polar surface area (TPSA) is 6.48 Å². The first-order valence-electron chi connectivity index (χ1n) is 7.53. The van der Waals surface area contributed by atoms with Gasteiger partial charge in [-0.05, 0) is 23.3 Å². The predicted molar refractivity (Wildman–Crippen MR) is 88.4 cm³/mol. The van der Waals surface area contributed by atoms with Crippen molar-refractivity contribution in [1.29, 1.82) is 0 Å². The van der Waals surface area contributed by atoms with Gasteiger partial charge in [0.1, 0.15) is 0 Å². The summed E-state index contributed by atoms with van der Waals surface area (Å²) in [5, 5.41) is 0.812. The van der Waals surface area contributed by atoms with Gasteiger partial charge in [-0.3, -0.25) is 9.80 Å². The molecule has 21 heavy (non-hydrogen) atoms. The van der Waals surface area contributed by atoms with E-state index in [1.807, 2.05) is 12.1 Å². The van der Waals surface area contributed by atoms with Crippen molar-refractivity contribution in [1.82, 2.24) is 9.80 Å². The molecule has 1 aliphatic heterocycles. The summed E-state index contributed by atoms with van der Waals surface area (Å²) in [6.45, 7) is 6.64. The number of halogens is 1. The van der Waals surface area contributed by atoms with E-state index in [1.54, 1.807) is 0 Å². The molecule has 0 aliphatic carbocycles. The Balaban J connectivity index is 1.47. The van der Waals surface area contributed by atoms with E-state index in [0.717, 1.165) is 44.3 Å². The number of hydrogen-bond acceptors (Lipinski definition) is 2. The second-order valence-electron chi connectivity index (χ2n) is 5.66. The Morgan fingerprint density at radius 2 is 1.14 bits per heavy atom. The largest absolute Gasteiger partial charge is 0.297 e. The number of hydrogen-bond donors (Lipinski definition) is 0. The first kappa shape index (κ1) is 14.6. The third-order valence-electron chi connectivity index (χ3n) is 4.03. The monoisotopic (exact) mass is 300 g/mol. The van der Waals surface area contributed by atoms with Gasteiger partial charge in [0.2, 0.25) is 0 Å². The highest BCUT2D eigenvalue weighted by Gasteiger charge is 2.16. The summed E-state index contributed by atoms with van der Waals surface area (Å²) in [4.78, 5) is 5.05. The van der Waals surface area contributed by atoms with Crippen molar-refractivity contribution in [2.75, 3.05) is 26.2 Å². The van der Waals surface area contributed by atoms with Gasteiger partial charge in [0.15, 0.2) is 0 Å². The van der Waals surface area contributed by atoms with E-state index in [1.165, 1.54) is 11.1 Å². The summed E-state index contributed by atoms with van der Waals surface area (Å²) < 4.78 is 0. The number of piperazine rings is 1. The zero-order valence-electron chi connectivity index (χ0n) is 12.2. The first-order valence-corrected chi connectivity index (χ1v) is 7.90. The maximum absolute atomic E-state index is 5.93. The van der Waals surface area contributed by atoms with Gasteiger partial charge in [-0.15, -0.1) is 0 Å². The average Bonchev–Trinajstić information content (AvgIpc) is 2.53. The second kappa shape index (κ2) is 7.08. The zero-order valence-corrected chi connectivity index (χ0v) is 13.0. The van der Waals surface area contributed by atoms with Gasteiger partial charge in [0.25, 0.3) is 0 Å². The Bertz CT molecular complexity index is 545. The maximum atomic E-state index is 5.93. The van der Waals surface area contributed by atoms with Crippen LogP contribution in [0.1, 0.15) is 11.1 Å². The van der Waals surface area contributed by atoms with Crippen LogP contribution in [-0.2, 0) is 13.1 Å². The number of rotatable bonds is 4. The SMILES string of the molecule is Clc1ccc(CN2CCN(Cc3ccccc3)CC2)cc1. The van der Waals surface area contributed by atoms with E-state index >= 15 is 0 Å². The van der Waals surface area contributed by atoms with E-state index < -0.39 is 0 Å². The van der Waals surface area contributed by atoms with Gasteiger partial charge in [-0.25, -0.2) is 0 Å². The van der Waals surface area contributed by atoms with Crippen LogP contribution in [0.4, 0.5) is 0 Å². The van der Waals surface area contributed by atoms with E-state index in [2.05, 4.69) is 52.3 Å². The molecule has 1 aliphatic rings. The van der Waals surface area contributed by atoms with E-state index in [9.17, 15) is 0 Å². The summed E-state index contributed by atoms with van der Waals surface area (Å²) in [6.07, 6.45) is 0. The lowest BCUT2D eigenvalue weighted by molar-refractivity contribution is 0.122. The van der Waals surface area contributed by atoms with Crippen molar-refractivity contribution in [2.24, 2.45) is 0 Å². The fraction of sp³-hybridized carbons (Fsp3) is 0.333. The molecule has 0 radical (unpaired) electrons. The molecule has 3 rings (SSSR count). The van der Waals surface area contributed by atoms with Crippen LogP contribution in [0.15, 0.2) is 54.6 Å². The third-order valence-corrected chi connectivity index (χ3v) is 4.29. The van der Waals surface area contributed by atoms with Gasteiger partial charge in [-0.2, -0.15) is 0 Å². The van der Waals surface area contributed by atoms with Crippen LogP contribution in [0.2, 0.25) is 5.02 Å². The number of nitrogens with zero attached hydrogens (tertiary/aromatic N) is 2. The Morgan fingerprint density at radius 3 is 1.67 bits per heavy atom. The minimum absolute atomic E-state index is 0.812. The molecule has 0 amide bonds. The molecule has 0 aromatic heterocycles. The molecule has 2 nitrogen and oxygen atoms in total. The molecule has 1 fully saturated rings. The molecule has 0 N–H and O–H groups in total. The first-order chi connectivity index (χ1) is 10.3. The van der Waals surface area contributed by atoms with Crippen LogP contribution >= 0.6 is 11.6 Å². The summed E-state index contributed by atoms with van der Waals surface area (Å²) in [5.74, 6) is 0. The summed E-state index contributed by atoms with van der Waals surface area (Å²) >= 11 is 5.93. The molecular weight excluding hydrogens is 280 g/mol. The van der Waals surface area contributed by atoms with Crippen LogP contribution in [-0.4, -0.2) is 36.0 Å². The molecule has 0 spiro atoms. The standard InChI is InChI=1S/C18H21ClN2/c19-18-8-6-17(7-9-18)15-21-12-10-20(11-13-21)14-16-4-2-1-3-5-16/h1-9H,10-15H2. The van der Waals surface area contributed by atoms with Crippen molar-refractivity contribution in [3.05, 3.63) is 70.7 Å². The van der Waals surface area contributed by atoms with Crippen LogP contribution in [0.25, 0.3) is 0 Å². The van der Waals surface area contributed by atoms with E-state index in [-0.39, 0.29) is 0 Å². The summed E-state index contributed by atoms with van der Waals surface area (Å²) in [6, 6.07) is 18.9. The van der Waals surface area contributed by atoms with Gasteiger partial charge in [-0.1, -0.05) is 54.1 Å². The predicted octanol–water partition coefficient (Wildman–Crippen LogP) is 3.66. The molecule has 0 bridgehead atoms. The molecule has 1 heterocycles. The van der Waals surface area contributed by atoms with Crippen LogP contribution in [0, 0.1) is 0 Å². The molecule has 110 valence electrons. The normalized spacial score (nSPS) is 17.0. The van der Waals surface area contributed by atoms with Gasteiger partial charge < -0.3 is 0 Å². The Labute approximate surface area is 131 Å². The highest BCUT2D eigenvalue weighted by Crippen LogP contribution is 2.14. The molecule has 2 aromatic carbocycles. The Hall–Kier alpha value is -1.35. The fourth-order valence-electron chi connectivity index (χ4n) is 2.80. The van der Waals surface area contributed by atoms with Gasteiger partial charge >= 0.3 is 0 Å². The minimum Gasteiger partial charge on any atom is -0.297 e. The Morgan fingerprint density at radius 1 is 0.667 bits per heavy atom. The smallest absolute Gasteiger partial charge is 0.0406 e. The van der Waals surface area contributed by atoms with E-state index in [0.29, 0.717) is 0 Å². The molecule has 1 saturated heterocycles. The van der Waals surface area contributed by atoms with Crippen molar-refractivity contribution in [3.8, 4) is 0 Å². The van der Waals surface area contributed by atoms with Crippen molar-refractivity contribution in [3.63, 3.8) is 0 Å². The molecular formula is C18H21ClN2. The van der Waals surface area contributed by atoms with Gasteiger partial charge in [0, 0.05) is 44.3 Å². The lowest BCUT2D eigenvalue weighted by atomic mass is 10.1. The average molecular weight is 301 g/mol. The lowest BCUT2D eigenvalue weighted by Gasteiger charge is -2.34. The quantitative estimate of drug-likeness (QED) is 0.850.